The summed E-state index contributed by atoms with van der Waals surface area (Å²) in [4.78, 5) is 2.22. The van der Waals surface area contributed by atoms with Crippen LogP contribution in [-0.4, -0.2) is 38.9 Å². The summed E-state index contributed by atoms with van der Waals surface area (Å²) >= 11 is 0. The van der Waals surface area contributed by atoms with Crippen LogP contribution in [0.15, 0.2) is 36.5 Å². The first kappa shape index (κ1) is 14.2. The van der Waals surface area contributed by atoms with Gasteiger partial charge in [0.15, 0.2) is 0 Å². The second-order valence-electron chi connectivity index (χ2n) is 5.62. The molecule has 2 aromatic rings. The highest BCUT2D eigenvalue weighted by molar-refractivity contribution is 5.19. The number of likely N-dealkylation sites (tertiary alicyclic amines) is 1. The lowest BCUT2D eigenvalue weighted by Crippen LogP contribution is -2.49. The fourth-order valence-corrected chi connectivity index (χ4v) is 3.05. The van der Waals surface area contributed by atoms with Crippen molar-refractivity contribution in [2.24, 2.45) is 0 Å². The first-order chi connectivity index (χ1) is 10.2. The van der Waals surface area contributed by atoms with Gasteiger partial charge in [-0.2, -0.15) is 5.10 Å². The highest BCUT2D eigenvalue weighted by Gasteiger charge is 2.30. The van der Waals surface area contributed by atoms with E-state index < -0.39 is 6.10 Å². The van der Waals surface area contributed by atoms with Gasteiger partial charge in [0.25, 0.3) is 0 Å². The molecule has 0 spiro atoms. The minimum Gasteiger partial charge on any atom is -0.391 e. The van der Waals surface area contributed by atoms with E-state index in [-0.39, 0.29) is 11.9 Å². The molecule has 0 saturated carbocycles. The van der Waals surface area contributed by atoms with Gasteiger partial charge in [0.2, 0.25) is 0 Å². The molecule has 1 fully saturated rings. The smallest absolute Gasteiger partial charge is 0.126 e. The Morgan fingerprint density at radius 1 is 1.33 bits per heavy atom. The van der Waals surface area contributed by atoms with Gasteiger partial charge in [0.1, 0.15) is 5.82 Å². The standard InChI is InChI=1S/C16H20FN3O/c17-14-5-2-1-4-12(14)10-15-16(21)6-3-9-20(15)11-13-7-8-18-19-13/h1-2,4-5,7-8,15-16,21H,3,6,9-11H2,(H,18,19)/t15-,16-/m0/s1. The lowest BCUT2D eigenvalue weighted by atomic mass is 9.92. The average Bonchev–Trinajstić information content (AvgIpc) is 2.98. The molecule has 2 N–H and O–H groups in total. The topological polar surface area (TPSA) is 52.1 Å². The number of benzene rings is 1. The summed E-state index contributed by atoms with van der Waals surface area (Å²) in [7, 11) is 0. The molecule has 0 bridgehead atoms. The van der Waals surface area contributed by atoms with Gasteiger partial charge >= 0.3 is 0 Å². The maximum atomic E-state index is 13.9. The Bertz CT molecular complexity index is 573. The van der Waals surface area contributed by atoms with Crippen LogP contribution in [0.25, 0.3) is 0 Å². The fraction of sp³-hybridized carbons (Fsp3) is 0.438. The van der Waals surface area contributed by atoms with Crippen LogP contribution in [0.5, 0.6) is 0 Å². The van der Waals surface area contributed by atoms with Crippen molar-refractivity contribution in [3.05, 3.63) is 53.6 Å². The van der Waals surface area contributed by atoms with E-state index in [4.69, 9.17) is 0 Å². The number of piperidine rings is 1. The summed E-state index contributed by atoms with van der Waals surface area (Å²) in [5.41, 5.74) is 1.68. The molecular weight excluding hydrogens is 269 g/mol. The van der Waals surface area contributed by atoms with E-state index in [0.29, 0.717) is 18.5 Å². The van der Waals surface area contributed by atoms with Crippen LogP contribution in [0.2, 0.25) is 0 Å². The number of aromatic nitrogens is 2. The van der Waals surface area contributed by atoms with Crippen molar-refractivity contribution >= 4 is 0 Å². The summed E-state index contributed by atoms with van der Waals surface area (Å²) < 4.78 is 13.9. The van der Waals surface area contributed by atoms with Crippen LogP contribution >= 0.6 is 0 Å². The molecule has 21 heavy (non-hydrogen) atoms. The van der Waals surface area contributed by atoms with Crippen molar-refractivity contribution in [2.45, 2.75) is 38.0 Å². The number of hydrogen-bond acceptors (Lipinski definition) is 3. The number of aliphatic hydroxyl groups is 1. The van der Waals surface area contributed by atoms with E-state index in [2.05, 4.69) is 15.1 Å². The van der Waals surface area contributed by atoms with Gasteiger partial charge in [-0.1, -0.05) is 18.2 Å². The van der Waals surface area contributed by atoms with Gasteiger partial charge in [-0.05, 0) is 43.5 Å². The predicted octanol–water partition coefficient (Wildman–Crippen LogP) is 2.12. The third-order valence-corrected chi connectivity index (χ3v) is 4.18. The summed E-state index contributed by atoms with van der Waals surface area (Å²) in [6, 6.07) is 8.68. The Morgan fingerprint density at radius 2 is 2.19 bits per heavy atom. The molecule has 2 atom stereocenters. The van der Waals surface area contributed by atoms with Crippen LogP contribution < -0.4 is 0 Å². The molecule has 0 radical (unpaired) electrons. The Kier molecular flexibility index (Phi) is 4.31. The van der Waals surface area contributed by atoms with E-state index in [1.54, 1.807) is 18.3 Å². The third kappa shape index (κ3) is 3.31. The van der Waals surface area contributed by atoms with Gasteiger partial charge in [-0.25, -0.2) is 4.39 Å². The Labute approximate surface area is 123 Å². The summed E-state index contributed by atoms with van der Waals surface area (Å²) in [6.07, 6.45) is 3.58. The summed E-state index contributed by atoms with van der Waals surface area (Å²) in [5.74, 6) is -0.197. The van der Waals surface area contributed by atoms with Crippen LogP contribution in [0.3, 0.4) is 0 Å². The summed E-state index contributed by atoms with van der Waals surface area (Å²) in [5, 5.41) is 17.2. The van der Waals surface area contributed by atoms with Crippen molar-refractivity contribution in [1.82, 2.24) is 15.1 Å². The van der Waals surface area contributed by atoms with Crippen LogP contribution in [0.4, 0.5) is 4.39 Å². The second-order valence-corrected chi connectivity index (χ2v) is 5.62. The molecule has 3 rings (SSSR count). The first-order valence-corrected chi connectivity index (χ1v) is 7.38. The van der Waals surface area contributed by atoms with Gasteiger partial charge in [-0.15, -0.1) is 0 Å². The molecule has 1 saturated heterocycles. The fourth-order valence-electron chi connectivity index (χ4n) is 3.05. The molecule has 4 nitrogen and oxygen atoms in total. The molecule has 0 aliphatic carbocycles. The zero-order valence-electron chi connectivity index (χ0n) is 11.9. The highest BCUT2D eigenvalue weighted by Crippen LogP contribution is 2.23. The lowest BCUT2D eigenvalue weighted by Gasteiger charge is -2.39. The molecular formula is C16H20FN3O. The number of hydrogen-bond donors (Lipinski definition) is 2. The molecule has 1 aromatic carbocycles. The molecule has 0 unspecified atom stereocenters. The van der Waals surface area contributed by atoms with E-state index in [0.717, 1.165) is 25.1 Å². The Balaban J connectivity index is 1.76. The van der Waals surface area contributed by atoms with Crippen molar-refractivity contribution in [2.75, 3.05) is 6.54 Å². The Morgan fingerprint density at radius 3 is 2.95 bits per heavy atom. The molecule has 0 amide bonds. The number of nitrogens with zero attached hydrogens (tertiary/aromatic N) is 2. The second kappa shape index (κ2) is 6.37. The molecule has 1 aliphatic heterocycles. The molecule has 112 valence electrons. The zero-order valence-corrected chi connectivity index (χ0v) is 11.9. The highest BCUT2D eigenvalue weighted by atomic mass is 19.1. The number of H-pyrrole nitrogens is 1. The minimum absolute atomic E-state index is 0.0565. The van der Waals surface area contributed by atoms with Crippen molar-refractivity contribution in [3.63, 3.8) is 0 Å². The van der Waals surface area contributed by atoms with E-state index in [1.165, 1.54) is 6.07 Å². The van der Waals surface area contributed by atoms with Crippen molar-refractivity contribution in [1.29, 1.82) is 0 Å². The maximum Gasteiger partial charge on any atom is 0.126 e. The zero-order chi connectivity index (χ0) is 14.7. The van der Waals surface area contributed by atoms with Gasteiger partial charge in [0.05, 0.1) is 6.10 Å². The monoisotopic (exact) mass is 289 g/mol. The number of halogens is 1. The quantitative estimate of drug-likeness (QED) is 0.906. The number of aliphatic hydroxyl groups excluding tert-OH is 1. The van der Waals surface area contributed by atoms with E-state index >= 15 is 0 Å². The van der Waals surface area contributed by atoms with Crippen LogP contribution in [0, 0.1) is 5.82 Å². The Hall–Kier alpha value is -1.72. The van der Waals surface area contributed by atoms with Crippen LogP contribution in [-0.2, 0) is 13.0 Å². The maximum absolute atomic E-state index is 13.9. The predicted molar refractivity (Wildman–Crippen MR) is 78.1 cm³/mol. The van der Waals surface area contributed by atoms with E-state index in [1.807, 2.05) is 12.1 Å². The molecule has 1 aliphatic rings. The van der Waals surface area contributed by atoms with Crippen LogP contribution in [0.1, 0.15) is 24.1 Å². The van der Waals surface area contributed by atoms with Crippen molar-refractivity contribution < 1.29 is 9.50 Å². The SMILES string of the molecule is O[C@H]1CCCN(Cc2ccn[nH]2)[C@H]1Cc1ccccc1F. The first-order valence-electron chi connectivity index (χ1n) is 7.38. The van der Waals surface area contributed by atoms with Gasteiger partial charge in [-0.3, -0.25) is 10.00 Å². The molecule has 1 aromatic heterocycles. The minimum atomic E-state index is -0.415. The molecule has 5 heteroatoms. The number of rotatable bonds is 4. The average molecular weight is 289 g/mol. The van der Waals surface area contributed by atoms with Gasteiger partial charge in [0, 0.05) is 24.5 Å². The summed E-state index contributed by atoms with van der Waals surface area (Å²) in [6.45, 7) is 1.62. The normalized spacial score (nSPS) is 23.3. The number of aromatic amines is 1. The van der Waals surface area contributed by atoms with E-state index in [9.17, 15) is 9.50 Å². The third-order valence-electron chi connectivity index (χ3n) is 4.18. The van der Waals surface area contributed by atoms with Gasteiger partial charge < -0.3 is 5.11 Å². The number of nitrogens with one attached hydrogen (secondary N) is 1. The van der Waals surface area contributed by atoms with Crippen molar-refractivity contribution in [3.8, 4) is 0 Å². The molecule has 2 heterocycles. The largest absolute Gasteiger partial charge is 0.391 e. The lowest BCUT2D eigenvalue weighted by molar-refractivity contribution is 0.00581.